The molecule has 5 nitrogen and oxygen atoms in total. The Bertz CT molecular complexity index is 504. The Hall–Kier alpha value is -2.04. The summed E-state index contributed by atoms with van der Waals surface area (Å²) in [6.45, 7) is 4.29. The van der Waals surface area contributed by atoms with Crippen molar-refractivity contribution in [2.45, 2.75) is 38.8 Å². The number of urea groups is 1. The first-order chi connectivity index (χ1) is 9.99. The molecular weight excluding hydrogens is 268 g/mol. The fourth-order valence-corrected chi connectivity index (χ4v) is 2.84. The van der Waals surface area contributed by atoms with E-state index in [2.05, 4.69) is 24.5 Å². The van der Waals surface area contributed by atoms with Gasteiger partial charge in [0.05, 0.1) is 0 Å². The van der Waals surface area contributed by atoms with Gasteiger partial charge in [0.15, 0.2) is 6.04 Å². The summed E-state index contributed by atoms with van der Waals surface area (Å²) in [6.07, 6.45) is 2.03. The predicted molar refractivity (Wildman–Crippen MR) is 79.8 cm³/mol. The predicted octanol–water partition coefficient (Wildman–Crippen LogP) is 2.55. The fraction of sp³-hybridized carbons (Fsp3) is 0.500. The van der Waals surface area contributed by atoms with Crippen LogP contribution in [0.1, 0.15) is 38.3 Å². The average Bonchev–Trinajstić information content (AvgIpc) is 2.77. The monoisotopic (exact) mass is 290 g/mol. The molecule has 4 unspecified atom stereocenters. The van der Waals surface area contributed by atoms with Crippen molar-refractivity contribution in [2.75, 3.05) is 0 Å². The van der Waals surface area contributed by atoms with Gasteiger partial charge in [0, 0.05) is 6.04 Å². The number of amides is 2. The number of hydrogen-bond donors (Lipinski definition) is 3. The molecule has 1 aromatic carbocycles. The smallest absolute Gasteiger partial charge is 0.330 e. The van der Waals surface area contributed by atoms with Crippen molar-refractivity contribution in [3.63, 3.8) is 0 Å². The number of carboxylic acid groups (broad SMARTS) is 1. The van der Waals surface area contributed by atoms with Crippen LogP contribution in [-0.2, 0) is 4.79 Å². The number of aliphatic carboxylic acids is 1. The fourth-order valence-electron chi connectivity index (χ4n) is 2.84. The third-order valence-corrected chi connectivity index (χ3v) is 4.44. The lowest BCUT2D eigenvalue weighted by atomic mass is 9.98. The lowest BCUT2D eigenvalue weighted by Gasteiger charge is -2.22. The zero-order valence-corrected chi connectivity index (χ0v) is 12.4. The van der Waals surface area contributed by atoms with Crippen molar-refractivity contribution >= 4 is 12.0 Å². The summed E-state index contributed by atoms with van der Waals surface area (Å²) in [7, 11) is 0. The molecule has 1 fully saturated rings. The summed E-state index contributed by atoms with van der Waals surface area (Å²) < 4.78 is 0. The van der Waals surface area contributed by atoms with E-state index in [4.69, 9.17) is 0 Å². The van der Waals surface area contributed by atoms with Crippen molar-refractivity contribution < 1.29 is 14.7 Å². The highest BCUT2D eigenvalue weighted by molar-refractivity contribution is 5.83. The van der Waals surface area contributed by atoms with Crippen LogP contribution in [0, 0.1) is 11.8 Å². The molecule has 4 atom stereocenters. The highest BCUT2D eigenvalue weighted by Gasteiger charge is 2.31. The topological polar surface area (TPSA) is 78.4 Å². The molecule has 1 aliphatic rings. The van der Waals surface area contributed by atoms with Gasteiger partial charge in [-0.3, -0.25) is 0 Å². The van der Waals surface area contributed by atoms with E-state index in [0.717, 1.165) is 12.8 Å². The zero-order valence-electron chi connectivity index (χ0n) is 12.4. The Labute approximate surface area is 124 Å². The van der Waals surface area contributed by atoms with Gasteiger partial charge in [0.2, 0.25) is 0 Å². The van der Waals surface area contributed by atoms with Gasteiger partial charge in [-0.2, -0.15) is 0 Å². The second kappa shape index (κ2) is 6.61. The molecule has 0 aromatic heterocycles. The van der Waals surface area contributed by atoms with Crippen molar-refractivity contribution in [2.24, 2.45) is 11.8 Å². The third-order valence-electron chi connectivity index (χ3n) is 4.44. The first-order valence-electron chi connectivity index (χ1n) is 7.34. The van der Waals surface area contributed by atoms with Gasteiger partial charge in [0.25, 0.3) is 0 Å². The molecule has 0 saturated heterocycles. The first-order valence-corrected chi connectivity index (χ1v) is 7.34. The molecule has 5 heteroatoms. The summed E-state index contributed by atoms with van der Waals surface area (Å²) in [4.78, 5) is 23.4. The molecule has 0 bridgehead atoms. The van der Waals surface area contributed by atoms with E-state index >= 15 is 0 Å². The quantitative estimate of drug-likeness (QED) is 0.797. The minimum absolute atomic E-state index is 0.116. The van der Waals surface area contributed by atoms with Crippen molar-refractivity contribution in [1.82, 2.24) is 10.6 Å². The Kier molecular flexibility index (Phi) is 4.83. The molecule has 0 heterocycles. The number of rotatable bonds is 4. The second-order valence-corrected chi connectivity index (χ2v) is 5.82. The lowest BCUT2D eigenvalue weighted by molar-refractivity contribution is -0.139. The number of carboxylic acids is 1. The van der Waals surface area contributed by atoms with E-state index in [1.54, 1.807) is 24.3 Å². The molecule has 1 saturated carbocycles. The largest absolute Gasteiger partial charge is 0.479 e. The molecule has 3 N–H and O–H groups in total. The minimum atomic E-state index is -1.07. The third kappa shape index (κ3) is 3.74. The van der Waals surface area contributed by atoms with Gasteiger partial charge < -0.3 is 15.7 Å². The summed E-state index contributed by atoms with van der Waals surface area (Å²) in [5, 5.41) is 14.7. The summed E-state index contributed by atoms with van der Waals surface area (Å²) in [6, 6.07) is 7.38. The second-order valence-electron chi connectivity index (χ2n) is 5.82. The molecule has 21 heavy (non-hydrogen) atoms. The number of hydrogen-bond acceptors (Lipinski definition) is 2. The lowest BCUT2D eigenvalue weighted by Crippen LogP contribution is -2.46. The maximum absolute atomic E-state index is 12.1. The minimum Gasteiger partial charge on any atom is -0.479 e. The van der Waals surface area contributed by atoms with Gasteiger partial charge >= 0.3 is 12.0 Å². The van der Waals surface area contributed by atoms with E-state index < -0.39 is 18.0 Å². The Balaban J connectivity index is 1.98. The van der Waals surface area contributed by atoms with Gasteiger partial charge in [0.1, 0.15) is 0 Å². The van der Waals surface area contributed by atoms with Crippen LogP contribution in [0.3, 0.4) is 0 Å². The van der Waals surface area contributed by atoms with E-state index in [-0.39, 0.29) is 6.04 Å². The molecule has 2 amide bonds. The number of carbonyl (C=O) groups excluding carboxylic acids is 1. The Morgan fingerprint density at radius 2 is 1.86 bits per heavy atom. The van der Waals surface area contributed by atoms with Crippen LogP contribution in [0.15, 0.2) is 30.3 Å². The van der Waals surface area contributed by atoms with Gasteiger partial charge in [-0.1, -0.05) is 44.2 Å². The standard InChI is InChI=1S/C16H22N2O3/c1-10-8-9-13(11(10)2)17-16(21)18-14(15(19)20)12-6-4-3-5-7-12/h3-7,10-11,13-14H,8-9H2,1-2H3,(H,19,20)(H2,17,18,21). The van der Waals surface area contributed by atoms with Crippen molar-refractivity contribution in [1.29, 1.82) is 0 Å². The first kappa shape index (κ1) is 15.4. The van der Waals surface area contributed by atoms with E-state index in [1.165, 1.54) is 0 Å². The molecule has 0 spiro atoms. The Morgan fingerprint density at radius 1 is 1.19 bits per heavy atom. The maximum atomic E-state index is 12.1. The normalized spacial score (nSPS) is 26.1. The molecule has 114 valence electrons. The summed E-state index contributed by atoms with van der Waals surface area (Å²) in [5.41, 5.74) is 0.563. The van der Waals surface area contributed by atoms with Crippen LogP contribution >= 0.6 is 0 Å². The van der Waals surface area contributed by atoms with Gasteiger partial charge in [-0.25, -0.2) is 9.59 Å². The highest BCUT2D eigenvalue weighted by Crippen LogP contribution is 2.31. The van der Waals surface area contributed by atoms with Gasteiger partial charge in [-0.05, 0) is 30.2 Å². The molecule has 2 rings (SSSR count). The average molecular weight is 290 g/mol. The van der Waals surface area contributed by atoms with Gasteiger partial charge in [-0.15, -0.1) is 0 Å². The van der Waals surface area contributed by atoms with Crippen LogP contribution in [0.4, 0.5) is 4.79 Å². The maximum Gasteiger partial charge on any atom is 0.330 e. The highest BCUT2D eigenvalue weighted by atomic mass is 16.4. The Morgan fingerprint density at radius 3 is 2.38 bits per heavy atom. The molecule has 1 aromatic rings. The number of carbonyl (C=O) groups is 2. The van der Waals surface area contributed by atoms with E-state index in [1.807, 2.05) is 6.07 Å². The number of nitrogens with one attached hydrogen (secondary N) is 2. The molecule has 0 radical (unpaired) electrons. The summed E-state index contributed by atoms with van der Waals surface area (Å²) >= 11 is 0. The zero-order chi connectivity index (χ0) is 15.4. The van der Waals surface area contributed by atoms with Crippen LogP contribution < -0.4 is 10.6 Å². The SMILES string of the molecule is CC1CCC(NC(=O)NC(C(=O)O)c2ccccc2)C1C. The molecule has 0 aliphatic heterocycles. The molecular formula is C16H22N2O3. The van der Waals surface area contributed by atoms with Crippen molar-refractivity contribution in [3.05, 3.63) is 35.9 Å². The van der Waals surface area contributed by atoms with Crippen LogP contribution in [0.2, 0.25) is 0 Å². The van der Waals surface area contributed by atoms with E-state index in [9.17, 15) is 14.7 Å². The number of benzene rings is 1. The van der Waals surface area contributed by atoms with Crippen LogP contribution in [0.5, 0.6) is 0 Å². The van der Waals surface area contributed by atoms with E-state index in [0.29, 0.717) is 17.4 Å². The van der Waals surface area contributed by atoms with Crippen LogP contribution in [-0.4, -0.2) is 23.1 Å². The summed E-state index contributed by atoms with van der Waals surface area (Å²) in [5.74, 6) is -0.0698. The van der Waals surface area contributed by atoms with Crippen molar-refractivity contribution in [3.8, 4) is 0 Å². The van der Waals surface area contributed by atoms with Crippen LogP contribution in [0.25, 0.3) is 0 Å². The molecule has 1 aliphatic carbocycles.